The highest BCUT2D eigenvalue weighted by molar-refractivity contribution is 7.07. The molecule has 2 aromatic heterocycles. The summed E-state index contributed by atoms with van der Waals surface area (Å²) in [5.74, 6) is -0.422. The maximum absolute atomic E-state index is 13.7. The van der Waals surface area contributed by atoms with Gasteiger partial charge in [-0.1, -0.05) is 35.6 Å². The fourth-order valence-corrected chi connectivity index (χ4v) is 5.48. The van der Waals surface area contributed by atoms with Crippen molar-refractivity contribution in [2.45, 2.75) is 26.8 Å². The molecule has 1 aliphatic rings. The number of fused-ring (bicyclic) bond motifs is 1. The van der Waals surface area contributed by atoms with Gasteiger partial charge in [0.2, 0.25) is 0 Å². The fourth-order valence-electron chi connectivity index (χ4n) is 4.45. The first-order valence-corrected chi connectivity index (χ1v) is 13.4. The molecule has 8 nitrogen and oxygen atoms in total. The van der Waals surface area contributed by atoms with Gasteiger partial charge in [-0.2, -0.15) is 0 Å². The number of furan rings is 1. The maximum atomic E-state index is 13.7. The van der Waals surface area contributed by atoms with Crippen molar-refractivity contribution in [2.75, 3.05) is 13.2 Å². The molecule has 3 heterocycles. The van der Waals surface area contributed by atoms with E-state index < -0.39 is 23.8 Å². The summed E-state index contributed by atoms with van der Waals surface area (Å²) in [7, 11) is 0. The maximum Gasteiger partial charge on any atom is 0.338 e. The first-order chi connectivity index (χ1) is 19.3. The third-order valence-electron chi connectivity index (χ3n) is 6.28. The van der Waals surface area contributed by atoms with E-state index in [0.29, 0.717) is 44.3 Å². The van der Waals surface area contributed by atoms with Gasteiger partial charge in [0.1, 0.15) is 17.3 Å². The minimum atomic E-state index is -0.830. The van der Waals surface area contributed by atoms with Crippen molar-refractivity contribution in [3.05, 3.63) is 114 Å². The van der Waals surface area contributed by atoms with Crippen molar-refractivity contribution < 1.29 is 27.9 Å². The van der Waals surface area contributed by atoms with Crippen molar-refractivity contribution in [2.24, 2.45) is 4.99 Å². The zero-order chi connectivity index (χ0) is 28.4. The van der Waals surface area contributed by atoms with Crippen LogP contribution in [-0.4, -0.2) is 29.7 Å². The Morgan fingerprint density at radius 2 is 1.68 bits per heavy atom. The van der Waals surface area contributed by atoms with E-state index in [0.717, 1.165) is 16.9 Å². The lowest BCUT2D eigenvalue weighted by Crippen LogP contribution is -2.39. The Kier molecular flexibility index (Phi) is 7.61. The second kappa shape index (κ2) is 11.3. The van der Waals surface area contributed by atoms with Crippen LogP contribution in [0.4, 0.5) is 4.39 Å². The molecule has 0 saturated heterocycles. The molecule has 0 N–H and O–H groups in total. The molecular formula is C30H25FN2O6S. The van der Waals surface area contributed by atoms with Crippen molar-refractivity contribution in [1.82, 2.24) is 4.57 Å². The number of carbonyl (C=O) groups is 2. The molecule has 1 atom stereocenters. The molecular weight excluding hydrogens is 535 g/mol. The molecule has 10 heteroatoms. The number of ether oxygens (including phenoxy) is 2. The molecule has 0 radical (unpaired) electrons. The summed E-state index contributed by atoms with van der Waals surface area (Å²) in [5.41, 5.74) is 2.01. The van der Waals surface area contributed by atoms with Gasteiger partial charge in [0.15, 0.2) is 4.80 Å². The zero-order valence-corrected chi connectivity index (χ0v) is 22.8. The Labute approximate surface area is 232 Å². The normalized spacial score (nSPS) is 15.0. The molecule has 1 aliphatic heterocycles. The van der Waals surface area contributed by atoms with Gasteiger partial charge in [-0.25, -0.2) is 19.0 Å². The average molecular weight is 561 g/mol. The molecule has 0 bridgehead atoms. The van der Waals surface area contributed by atoms with Gasteiger partial charge in [0.25, 0.3) is 5.56 Å². The Morgan fingerprint density at radius 1 is 1.00 bits per heavy atom. The molecule has 0 aliphatic carbocycles. The highest BCUT2D eigenvalue weighted by atomic mass is 32.1. The number of allylic oxidation sites excluding steroid dienone is 1. The fraction of sp³-hybridized carbons (Fsp3) is 0.200. The topological polar surface area (TPSA) is 100 Å². The van der Waals surface area contributed by atoms with Crippen LogP contribution in [0.15, 0.2) is 86.1 Å². The first kappa shape index (κ1) is 27.0. The number of carbonyl (C=O) groups excluding carboxylic acids is 2. The number of halogens is 1. The number of rotatable bonds is 7. The van der Waals surface area contributed by atoms with Gasteiger partial charge < -0.3 is 13.9 Å². The average Bonchev–Trinajstić information content (AvgIpc) is 3.53. The van der Waals surface area contributed by atoms with E-state index in [1.807, 2.05) is 0 Å². The van der Waals surface area contributed by atoms with Gasteiger partial charge >= 0.3 is 11.9 Å². The number of hydrogen-bond acceptors (Lipinski definition) is 8. The Bertz CT molecular complexity index is 1800. The van der Waals surface area contributed by atoms with E-state index in [4.69, 9.17) is 13.9 Å². The molecule has 204 valence electrons. The lowest BCUT2D eigenvalue weighted by atomic mass is 9.96. The molecule has 0 fully saturated rings. The van der Waals surface area contributed by atoms with Crippen LogP contribution in [-0.2, 0) is 14.3 Å². The lowest BCUT2D eigenvalue weighted by Gasteiger charge is -2.24. The Morgan fingerprint density at radius 3 is 2.35 bits per heavy atom. The highest BCUT2D eigenvalue weighted by Crippen LogP contribution is 2.31. The van der Waals surface area contributed by atoms with Crippen molar-refractivity contribution in [1.29, 1.82) is 0 Å². The zero-order valence-electron chi connectivity index (χ0n) is 22.0. The van der Waals surface area contributed by atoms with Gasteiger partial charge in [-0.15, -0.1) is 0 Å². The summed E-state index contributed by atoms with van der Waals surface area (Å²) in [6.45, 7) is 5.58. The molecule has 0 unspecified atom stereocenters. The third kappa shape index (κ3) is 5.17. The van der Waals surface area contributed by atoms with Crippen LogP contribution in [0.1, 0.15) is 48.5 Å². The molecule has 0 spiro atoms. The Balaban J connectivity index is 1.54. The second-order valence-corrected chi connectivity index (χ2v) is 9.86. The van der Waals surface area contributed by atoms with E-state index in [-0.39, 0.29) is 17.7 Å². The van der Waals surface area contributed by atoms with E-state index in [2.05, 4.69) is 4.99 Å². The van der Waals surface area contributed by atoms with Crippen LogP contribution in [0.2, 0.25) is 0 Å². The molecule has 2 aromatic carbocycles. The summed E-state index contributed by atoms with van der Waals surface area (Å²) in [5, 5.41) is 0. The van der Waals surface area contributed by atoms with Crippen LogP contribution in [0, 0.1) is 5.82 Å². The summed E-state index contributed by atoms with van der Waals surface area (Å²) >= 11 is 1.16. The van der Waals surface area contributed by atoms with E-state index in [1.54, 1.807) is 75.4 Å². The van der Waals surface area contributed by atoms with Crippen molar-refractivity contribution in [3.63, 3.8) is 0 Å². The number of nitrogens with zero attached hydrogens (tertiary/aromatic N) is 2. The number of aromatic nitrogens is 1. The smallest absolute Gasteiger partial charge is 0.338 e. The van der Waals surface area contributed by atoms with Gasteiger partial charge in [0.05, 0.1) is 40.6 Å². The largest absolute Gasteiger partial charge is 0.463 e. The molecule has 0 saturated carbocycles. The number of benzene rings is 2. The van der Waals surface area contributed by atoms with Crippen molar-refractivity contribution in [3.8, 4) is 11.3 Å². The van der Waals surface area contributed by atoms with Crippen LogP contribution in [0.3, 0.4) is 0 Å². The first-order valence-electron chi connectivity index (χ1n) is 12.6. The lowest BCUT2D eigenvalue weighted by molar-refractivity contribution is -0.139. The Hall–Kier alpha value is -4.57. The molecule has 4 aromatic rings. The van der Waals surface area contributed by atoms with Gasteiger partial charge in [-0.05, 0) is 62.7 Å². The SMILES string of the molecule is CCOC(=O)C1=C(C)N=c2s/c(=C\c3ccc(-c4ccc(C(=O)OCC)cc4)o3)c(=O)n2[C@@H]1c1ccc(F)cc1. The third-order valence-corrected chi connectivity index (χ3v) is 7.27. The minimum Gasteiger partial charge on any atom is -0.463 e. The predicted molar refractivity (Wildman–Crippen MR) is 147 cm³/mol. The monoisotopic (exact) mass is 560 g/mol. The molecule has 0 amide bonds. The summed E-state index contributed by atoms with van der Waals surface area (Å²) in [4.78, 5) is 43.5. The van der Waals surface area contributed by atoms with Crippen molar-refractivity contribution >= 4 is 29.4 Å². The van der Waals surface area contributed by atoms with E-state index >= 15 is 0 Å². The number of hydrogen-bond donors (Lipinski definition) is 0. The van der Waals surface area contributed by atoms with Crippen LogP contribution >= 0.6 is 11.3 Å². The van der Waals surface area contributed by atoms with Crippen LogP contribution in [0.5, 0.6) is 0 Å². The van der Waals surface area contributed by atoms with Crippen LogP contribution < -0.4 is 14.9 Å². The van der Waals surface area contributed by atoms with E-state index in [9.17, 15) is 18.8 Å². The number of esters is 2. The van der Waals surface area contributed by atoms with Gasteiger partial charge in [-0.3, -0.25) is 9.36 Å². The predicted octanol–water partition coefficient (Wildman–Crippen LogP) is 4.37. The summed E-state index contributed by atoms with van der Waals surface area (Å²) < 4.78 is 31.8. The standard InChI is InChI=1S/C30H25FN2O6S/c1-4-37-28(35)20-8-6-18(7-9-20)23-15-14-22(39-23)16-24-27(34)33-26(19-10-12-21(31)13-11-19)25(29(36)38-5-2)17(3)32-30(33)40-24/h6-16,26H,4-5H2,1-3H3/b24-16-/t26-/m1/s1. The summed E-state index contributed by atoms with van der Waals surface area (Å²) in [6.07, 6.45) is 1.62. The summed E-state index contributed by atoms with van der Waals surface area (Å²) in [6, 6.07) is 15.2. The van der Waals surface area contributed by atoms with Crippen LogP contribution in [0.25, 0.3) is 17.4 Å². The second-order valence-electron chi connectivity index (χ2n) is 8.85. The van der Waals surface area contributed by atoms with Gasteiger partial charge in [0, 0.05) is 11.6 Å². The molecule has 40 heavy (non-hydrogen) atoms. The molecule has 5 rings (SSSR count). The van der Waals surface area contributed by atoms with E-state index in [1.165, 1.54) is 16.7 Å². The quantitative estimate of drug-likeness (QED) is 0.311. The minimum absolute atomic E-state index is 0.155. The number of thiazole rings is 1. The highest BCUT2D eigenvalue weighted by Gasteiger charge is 2.33.